The minimum atomic E-state index is -0.791. The standard InChI is InChI=1S/C63H106O6/c1-4-7-10-13-16-19-22-24-26-28-29-30-31-32-33-34-35-36-38-39-41-44-47-50-53-56-62(65)68-59-60(58-67-61(64)55-52-49-46-43-21-18-15-12-9-6-3)69-63(66)57-54-51-48-45-42-40-37-27-25-23-20-17-14-11-8-5-2/h7,10,12,15-16,19-20,23-24,26-27,29-30,32-33,37,60H,4-6,8-9,11,13-14,17-18,21-22,25,28,31,34-36,38-59H2,1-3H3/b10-7-,15-12-,19-16-,23-20-,26-24-,30-29-,33-32-,37-27-. The van der Waals surface area contributed by atoms with Gasteiger partial charge in [-0.1, -0.05) is 227 Å². The van der Waals surface area contributed by atoms with Crippen LogP contribution in [0.4, 0.5) is 0 Å². The van der Waals surface area contributed by atoms with Crippen LogP contribution in [0.2, 0.25) is 0 Å². The van der Waals surface area contributed by atoms with Crippen molar-refractivity contribution in [1.82, 2.24) is 0 Å². The molecule has 0 N–H and O–H groups in total. The zero-order valence-corrected chi connectivity index (χ0v) is 45.0. The Kier molecular flexibility index (Phi) is 53.9. The summed E-state index contributed by atoms with van der Waals surface area (Å²) in [5.74, 6) is -0.918. The van der Waals surface area contributed by atoms with Gasteiger partial charge in [0.1, 0.15) is 13.2 Å². The van der Waals surface area contributed by atoms with Gasteiger partial charge in [0.2, 0.25) is 0 Å². The molecule has 0 aromatic heterocycles. The highest BCUT2D eigenvalue weighted by atomic mass is 16.6. The molecular weight excluding hydrogens is 853 g/mol. The number of carbonyl (C=O) groups is 3. The third-order valence-corrected chi connectivity index (χ3v) is 12.0. The average Bonchev–Trinajstić information content (AvgIpc) is 3.35. The maximum Gasteiger partial charge on any atom is 0.306 e. The summed E-state index contributed by atoms with van der Waals surface area (Å²) in [6, 6.07) is 0. The van der Waals surface area contributed by atoms with Crippen molar-refractivity contribution in [2.24, 2.45) is 0 Å². The fourth-order valence-electron chi connectivity index (χ4n) is 7.74. The fraction of sp³-hybridized carbons (Fsp3) is 0.698. The van der Waals surface area contributed by atoms with Gasteiger partial charge in [-0.05, 0) is 116 Å². The van der Waals surface area contributed by atoms with E-state index in [9.17, 15) is 14.4 Å². The van der Waals surface area contributed by atoms with E-state index >= 15 is 0 Å². The first-order chi connectivity index (χ1) is 34.0. The van der Waals surface area contributed by atoms with Gasteiger partial charge in [-0.25, -0.2) is 0 Å². The van der Waals surface area contributed by atoms with Crippen molar-refractivity contribution in [3.8, 4) is 0 Å². The van der Waals surface area contributed by atoms with Crippen LogP contribution in [0.5, 0.6) is 0 Å². The Labute approximate surface area is 426 Å². The molecule has 1 unspecified atom stereocenters. The number of rotatable bonds is 51. The molecule has 0 aliphatic heterocycles. The second-order valence-electron chi connectivity index (χ2n) is 18.8. The molecule has 0 aliphatic carbocycles. The Morgan fingerprint density at radius 2 is 0.594 bits per heavy atom. The van der Waals surface area contributed by atoms with Crippen LogP contribution in [-0.4, -0.2) is 37.2 Å². The van der Waals surface area contributed by atoms with E-state index in [1.54, 1.807) is 0 Å². The van der Waals surface area contributed by atoms with Crippen LogP contribution in [0, 0.1) is 0 Å². The van der Waals surface area contributed by atoms with Gasteiger partial charge >= 0.3 is 17.9 Å². The lowest BCUT2D eigenvalue weighted by Crippen LogP contribution is -2.30. The minimum Gasteiger partial charge on any atom is -0.462 e. The van der Waals surface area contributed by atoms with Crippen LogP contribution in [0.25, 0.3) is 0 Å². The number of esters is 3. The quantitative estimate of drug-likeness (QED) is 0.0262. The first kappa shape index (κ1) is 65.3. The SMILES string of the molecule is CC/C=C\C/C=C\C/C=C\C/C=C\C/C=C\CCCCCCCCCCCC(=O)OCC(COC(=O)CCCCCCC/C=C\CCC)OC(=O)CCCCCCC/C=C\C/C=C\CCCCCC. The lowest BCUT2D eigenvalue weighted by atomic mass is 10.1. The Hall–Kier alpha value is -3.67. The predicted molar refractivity (Wildman–Crippen MR) is 297 cm³/mol. The topological polar surface area (TPSA) is 78.9 Å². The summed E-state index contributed by atoms with van der Waals surface area (Å²) in [7, 11) is 0. The molecule has 6 heteroatoms. The first-order valence-electron chi connectivity index (χ1n) is 28.7. The molecule has 0 saturated heterocycles. The van der Waals surface area contributed by atoms with Crippen LogP contribution >= 0.6 is 0 Å². The summed E-state index contributed by atoms with van der Waals surface area (Å²) in [4.78, 5) is 38.1. The molecule has 0 amide bonds. The third-order valence-electron chi connectivity index (χ3n) is 12.0. The summed E-state index contributed by atoms with van der Waals surface area (Å²) in [6.07, 6.45) is 75.5. The third kappa shape index (κ3) is 55.1. The molecule has 0 radical (unpaired) electrons. The molecule has 0 aromatic rings. The second-order valence-corrected chi connectivity index (χ2v) is 18.8. The van der Waals surface area contributed by atoms with Gasteiger partial charge in [0.25, 0.3) is 0 Å². The number of allylic oxidation sites excluding steroid dienone is 16. The number of ether oxygens (including phenoxy) is 3. The van der Waals surface area contributed by atoms with Gasteiger partial charge in [-0.15, -0.1) is 0 Å². The van der Waals surface area contributed by atoms with E-state index in [4.69, 9.17) is 14.2 Å². The van der Waals surface area contributed by atoms with E-state index in [0.717, 1.165) is 141 Å². The summed E-state index contributed by atoms with van der Waals surface area (Å²) in [5.41, 5.74) is 0. The number of carbonyl (C=O) groups excluding carboxylic acids is 3. The highest BCUT2D eigenvalue weighted by Gasteiger charge is 2.19. The second kappa shape index (κ2) is 56.9. The predicted octanol–water partition coefficient (Wildman–Crippen LogP) is 19.3. The lowest BCUT2D eigenvalue weighted by Gasteiger charge is -2.18. The molecule has 394 valence electrons. The molecule has 0 fully saturated rings. The number of unbranched alkanes of at least 4 members (excludes halogenated alkanes) is 24. The maximum absolute atomic E-state index is 12.8. The van der Waals surface area contributed by atoms with Gasteiger partial charge in [0, 0.05) is 19.3 Å². The van der Waals surface area contributed by atoms with Gasteiger partial charge in [0.05, 0.1) is 0 Å². The Morgan fingerprint density at radius 3 is 0.957 bits per heavy atom. The van der Waals surface area contributed by atoms with Gasteiger partial charge in [-0.3, -0.25) is 14.4 Å². The van der Waals surface area contributed by atoms with Gasteiger partial charge < -0.3 is 14.2 Å². The van der Waals surface area contributed by atoms with E-state index in [2.05, 4.69) is 118 Å². The van der Waals surface area contributed by atoms with Crippen LogP contribution in [0.3, 0.4) is 0 Å². The maximum atomic E-state index is 12.8. The zero-order chi connectivity index (χ0) is 50.0. The van der Waals surface area contributed by atoms with Crippen LogP contribution in [0.1, 0.15) is 265 Å². The monoisotopic (exact) mass is 959 g/mol. The van der Waals surface area contributed by atoms with E-state index in [1.807, 2.05) is 0 Å². The summed E-state index contributed by atoms with van der Waals surface area (Å²) in [6.45, 7) is 6.43. The fourth-order valence-corrected chi connectivity index (χ4v) is 7.74. The molecule has 0 aliphatic rings. The van der Waals surface area contributed by atoms with Crippen molar-refractivity contribution in [2.45, 2.75) is 271 Å². The van der Waals surface area contributed by atoms with Gasteiger partial charge in [0.15, 0.2) is 6.10 Å². The summed E-state index contributed by atoms with van der Waals surface area (Å²) >= 11 is 0. The summed E-state index contributed by atoms with van der Waals surface area (Å²) < 4.78 is 16.8. The Morgan fingerprint density at radius 1 is 0.304 bits per heavy atom. The zero-order valence-electron chi connectivity index (χ0n) is 45.0. The van der Waals surface area contributed by atoms with Crippen molar-refractivity contribution < 1.29 is 28.6 Å². The lowest BCUT2D eigenvalue weighted by molar-refractivity contribution is -0.167. The molecule has 6 nitrogen and oxygen atoms in total. The van der Waals surface area contributed by atoms with Crippen molar-refractivity contribution in [3.05, 3.63) is 97.2 Å². The molecular formula is C63H106O6. The van der Waals surface area contributed by atoms with Crippen molar-refractivity contribution >= 4 is 17.9 Å². The van der Waals surface area contributed by atoms with Gasteiger partial charge in [-0.2, -0.15) is 0 Å². The number of hydrogen-bond acceptors (Lipinski definition) is 6. The molecule has 0 rings (SSSR count). The number of hydrogen-bond donors (Lipinski definition) is 0. The largest absolute Gasteiger partial charge is 0.462 e. The van der Waals surface area contributed by atoms with Crippen molar-refractivity contribution in [3.63, 3.8) is 0 Å². The molecule has 69 heavy (non-hydrogen) atoms. The van der Waals surface area contributed by atoms with E-state index < -0.39 is 6.10 Å². The molecule has 1 atom stereocenters. The molecule has 0 bridgehead atoms. The van der Waals surface area contributed by atoms with Crippen molar-refractivity contribution in [1.29, 1.82) is 0 Å². The molecule has 0 aromatic carbocycles. The van der Waals surface area contributed by atoms with Crippen LogP contribution < -0.4 is 0 Å². The van der Waals surface area contributed by atoms with Crippen LogP contribution in [0.15, 0.2) is 97.2 Å². The van der Waals surface area contributed by atoms with E-state index in [0.29, 0.717) is 19.3 Å². The first-order valence-corrected chi connectivity index (χ1v) is 28.7. The van der Waals surface area contributed by atoms with E-state index in [-0.39, 0.29) is 31.1 Å². The average molecular weight is 960 g/mol. The van der Waals surface area contributed by atoms with Crippen LogP contribution in [-0.2, 0) is 28.6 Å². The van der Waals surface area contributed by atoms with E-state index in [1.165, 1.54) is 83.5 Å². The summed E-state index contributed by atoms with van der Waals surface area (Å²) in [5, 5.41) is 0. The Bertz CT molecular complexity index is 1380. The minimum absolute atomic E-state index is 0.0894. The molecule has 0 saturated carbocycles. The van der Waals surface area contributed by atoms with Crippen molar-refractivity contribution in [2.75, 3.05) is 13.2 Å². The molecule has 0 heterocycles. The Balaban J connectivity index is 4.30. The molecule has 0 spiro atoms. The highest BCUT2D eigenvalue weighted by molar-refractivity contribution is 5.71. The normalized spacial score (nSPS) is 12.8. The smallest absolute Gasteiger partial charge is 0.306 e. The highest BCUT2D eigenvalue weighted by Crippen LogP contribution is 2.14.